The van der Waals surface area contributed by atoms with Crippen molar-refractivity contribution in [1.29, 1.82) is 0 Å². The van der Waals surface area contributed by atoms with Gasteiger partial charge in [0, 0.05) is 24.3 Å². The highest BCUT2D eigenvalue weighted by molar-refractivity contribution is 7.99. The summed E-state index contributed by atoms with van der Waals surface area (Å²) in [5.41, 5.74) is 3.41. The summed E-state index contributed by atoms with van der Waals surface area (Å²) in [5, 5.41) is 11.1. The number of aryl methyl sites for hydroxylation is 2. The summed E-state index contributed by atoms with van der Waals surface area (Å²) in [4.78, 5) is 12.5. The van der Waals surface area contributed by atoms with Crippen LogP contribution in [0.1, 0.15) is 30.4 Å². The van der Waals surface area contributed by atoms with Crippen LogP contribution in [-0.2, 0) is 14.8 Å². The Bertz CT molecular complexity index is 1230. The minimum Gasteiger partial charge on any atom is -0.411 e. The van der Waals surface area contributed by atoms with Crippen LogP contribution in [0, 0.1) is 13.8 Å². The van der Waals surface area contributed by atoms with Crippen molar-refractivity contribution < 1.29 is 17.6 Å². The number of amides is 1. The standard InChI is InChI=1S/C23H26N4O4S2/c1-16-11-17(2)13-19(12-16)24-21(28)15-32-23-26-25-22(31-23)18-7-6-8-20(14-18)33(29,30)27-9-4-3-5-10-27/h6-8,11-14H,3-5,9-10,15H2,1-2H3,(H,24,28). The largest absolute Gasteiger partial charge is 0.411 e. The van der Waals surface area contributed by atoms with Crippen molar-refractivity contribution in [3.8, 4) is 11.5 Å². The molecule has 0 unspecified atom stereocenters. The zero-order valence-corrected chi connectivity index (χ0v) is 20.2. The van der Waals surface area contributed by atoms with E-state index in [1.807, 2.05) is 32.0 Å². The Kier molecular flexibility index (Phi) is 7.16. The highest BCUT2D eigenvalue weighted by atomic mass is 32.2. The van der Waals surface area contributed by atoms with Gasteiger partial charge in [-0.2, -0.15) is 4.31 Å². The predicted molar refractivity (Wildman–Crippen MR) is 128 cm³/mol. The third-order valence-corrected chi connectivity index (χ3v) is 7.99. The second-order valence-corrected chi connectivity index (χ2v) is 10.9. The molecule has 2 heterocycles. The van der Waals surface area contributed by atoms with Gasteiger partial charge in [-0.3, -0.25) is 4.79 Å². The lowest BCUT2D eigenvalue weighted by Crippen LogP contribution is -2.35. The second-order valence-electron chi connectivity index (χ2n) is 8.08. The minimum atomic E-state index is -3.56. The number of nitrogens with zero attached hydrogens (tertiary/aromatic N) is 3. The number of carbonyl (C=O) groups is 1. The molecule has 1 fully saturated rings. The lowest BCUT2D eigenvalue weighted by atomic mass is 10.1. The van der Waals surface area contributed by atoms with Gasteiger partial charge in [0.15, 0.2) is 0 Å². The molecule has 0 atom stereocenters. The third-order valence-electron chi connectivity index (χ3n) is 5.27. The highest BCUT2D eigenvalue weighted by Gasteiger charge is 2.26. The smallest absolute Gasteiger partial charge is 0.277 e. The molecule has 174 valence electrons. The van der Waals surface area contributed by atoms with Gasteiger partial charge in [0.05, 0.1) is 10.6 Å². The summed E-state index contributed by atoms with van der Waals surface area (Å²) in [5.74, 6) is 0.139. The molecule has 1 amide bonds. The molecule has 3 aromatic rings. The molecule has 0 aliphatic carbocycles. The third kappa shape index (κ3) is 5.82. The van der Waals surface area contributed by atoms with Crippen molar-refractivity contribution in [2.45, 2.75) is 43.2 Å². The van der Waals surface area contributed by atoms with E-state index in [9.17, 15) is 13.2 Å². The van der Waals surface area contributed by atoms with Crippen molar-refractivity contribution in [2.24, 2.45) is 0 Å². The fourth-order valence-electron chi connectivity index (χ4n) is 3.80. The van der Waals surface area contributed by atoms with E-state index < -0.39 is 10.0 Å². The Morgan fingerprint density at radius 3 is 2.52 bits per heavy atom. The zero-order chi connectivity index (χ0) is 23.4. The number of piperidine rings is 1. The molecular weight excluding hydrogens is 460 g/mol. The average Bonchev–Trinajstić information content (AvgIpc) is 3.27. The molecule has 4 rings (SSSR count). The monoisotopic (exact) mass is 486 g/mol. The number of hydrogen-bond donors (Lipinski definition) is 1. The Hall–Kier alpha value is -2.69. The Labute approximate surface area is 197 Å². The Morgan fingerprint density at radius 1 is 1.06 bits per heavy atom. The number of benzene rings is 2. The van der Waals surface area contributed by atoms with Crippen molar-refractivity contribution in [3.05, 3.63) is 53.6 Å². The molecule has 0 saturated carbocycles. The fraction of sp³-hybridized carbons (Fsp3) is 0.348. The van der Waals surface area contributed by atoms with Crippen LogP contribution in [0.2, 0.25) is 0 Å². The first-order chi connectivity index (χ1) is 15.8. The van der Waals surface area contributed by atoms with Crippen molar-refractivity contribution in [1.82, 2.24) is 14.5 Å². The molecule has 0 radical (unpaired) electrons. The van der Waals surface area contributed by atoms with Crippen molar-refractivity contribution in [2.75, 3.05) is 24.2 Å². The summed E-state index contributed by atoms with van der Waals surface area (Å²) in [7, 11) is -3.56. The number of aromatic nitrogens is 2. The molecule has 0 bridgehead atoms. The van der Waals surface area contributed by atoms with E-state index in [4.69, 9.17) is 4.42 Å². The van der Waals surface area contributed by atoms with Gasteiger partial charge in [-0.1, -0.05) is 30.3 Å². The van der Waals surface area contributed by atoms with Gasteiger partial charge in [0.25, 0.3) is 5.22 Å². The van der Waals surface area contributed by atoms with Crippen LogP contribution in [0.4, 0.5) is 5.69 Å². The number of sulfonamides is 1. The summed E-state index contributed by atoms with van der Waals surface area (Å²) in [6.07, 6.45) is 2.80. The van der Waals surface area contributed by atoms with Gasteiger partial charge in [0.1, 0.15) is 0 Å². The molecule has 1 aliphatic heterocycles. The molecule has 10 heteroatoms. The van der Waals surface area contributed by atoms with Gasteiger partial charge >= 0.3 is 0 Å². The molecule has 1 saturated heterocycles. The molecule has 8 nitrogen and oxygen atoms in total. The predicted octanol–water partition coefficient (Wildman–Crippen LogP) is 4.26. The van der Waals surface area contributed by atoms with E-state index in [-0.39, 0.29) is 27.7 Å². The lowest BCUT2D eigenvalue weighted by Gasteiger charge is -2.25. The summed E-state index contributed by atoms with van der Waals surface area (Å²) in [6.45, 7) is 5.03. The first kappa shape index (κ1) is 23.5. The molecule has 33 heavy (non-hydrogen) atoms. The molecule has 2 aromatic carbocycles. The van der Waals surface area contributed by atoms with Crippen molar-refractivity contribution >= 4 is 33.4 Å². The van der Waals surface area contributed by atoms with Crippen LogP contribution in [0.5, 0.6) is 0 Å². The Balaban J connectivity index is 1.41. The van der Waals surface area contributed by atoms with E-state index >= 15 is 0 Å². The SMILES string of the molecule is Cc1cc(C)cc(NC(=O)CSc2nnc(-c3cccc(S(=O)(=O)N4CCCCC4)c3)o2)c1. The molecule has 1 N–H and O–H groups in total. The van der Waals surface area contributed by atoms with Crippen LogP contribution in [0.25, 0.3) is 11.5 Å². The van der Waals surface area contributed by atoms with Gasteiger partial charge in [-0.15, -0.1) is 10.2 Å². The summed E-state index contributed by atoms with van der Waals surface area (Å²) < 4.78 is 33.1. The van der Waals surface area contributed by atoms with Gasteiger partial charge < -0.3 is 9.73 Å². The topological polar surface area (TPSA) is 105 Å². The molecule has 0 spiro atoms. The van der Waals surface area contributed by atoms with Crippen LogP contribution in [0.15, 0.2) is 57.0 Å². The normalized spacial score (nSPS) is 14.8. The van der Waals surface area contributed by atoms with Crippen LogP contribution in [0.3, 0.4) is 0 Å². The van der Waals surface area contributed by atoms with E-state index in [1.165, 1.54) is 4.31 Å². The number of rotatable bonds is 7. The number of nitrogens with one attached hydrogen (secondary N) is 1. The van der Waals surface area contributed by atoms with Crippen LogP contribution < -0.4 is 5.32 Å². The maximum atomic E-state index is 13.0. The first-order valence-corrected chi connectivity index (χ1v) is 13.2. The fourth-order valence-corrected chi connectivity index (χ4v) is 5.93. The molecular formula is C23H26N4O4S2. The van der Waals surface area contributed by atoms with Crippen molar-refractivity contribution in [3.63, 3.8) is 0 Å². The summed E-state index contributed by atoms with van der Waals surface area (Å²) >= 11 is 1.13. The maximum Gasteiger partial charge on any atom is 0.277 e. The van der Waals surface area contributed by atoms with Crippen LogP contribution in [-0.4, -0.2) is 47.7 Å². The number of hydrogen-bond acceptors (Lipinski definition) is 7. The van der Waals surface area contributed by atoms with E-state index in [2.05, 4.69) is 15.5 Å². The molecule has 1 aromatic heterocycles. The highest BCUT2D eigenvalue weighted by Crippen LogP contribution is 2.27. The summed E-state index contributed by atoms with van der Waals surface area (Å²) in [6, 6.07) is 12.4. The number of anilines is 1. The maximum absolute atomic E-state index is 13.0. The number of thioether (sulfide) groups is 1. The first-order valence-electron chi connectivity index (χ1n) is 10.8. The minimum absolute atomic E-state index is 0.109. The van der Waals surface area contributed by atoms with Gasteiger partial charge in [-0.25, -0.2) is 8.42 Å². The van der Waals surface area contributed by atoms with E-state index in [0.717, 1.165) is 47.8 Å². The molecule has 1 aliphatic rings. The van der Waals surface area contributed by atoms with Gasteiger partial charge in [-0.05, 0) is 68.1 Å². The second kappa shape index (κ2) is 10.1. The van der Waals surface area contributed by atoms with Crippen LogP contribution >= 0.6 is 11.8 Å². The zero-order valence-electron chi connectivity index (χ0n) is 18.6. The quantitative estimate of drug-likeness (QED) is 0.498. The van der Waals surface area contributed by atoms with E-state index in [0.29, 0.717) is 18.7 Å². The average molecular weight is 487 g/mol. The Morgan fingerprint density at radius 2 is 1.79 bits per heavy atom. The number of carbonyl (C=O) groups excluding carboxylic acids is 1. The van der Waals surface area contributed by atoms with E-state index in [1.54, 1.807) is 24.3 Å². The van der Waals surface area contributed by atoms with Gasteiger partial charge in [0.2, 0.25) is 21.8 Å². The lowest BCUT2D eigenvalue weighted by molar-refractivity contribution is -0.113.